The highest BCUT2D eigenvalue weighted by molar-refractivity contribution is 6.22. The van der Waals surface area contributed by atoms with Crippen molar-refractivity contribution in [2.45, 2.75) is 0 Å². The monoisotopic (exact) mass is 343 g/mol. The van der Waals surface area contributed by atoms with Gasteiger partial charge in [-0.05, 0) is 30.3 Å². The molecule has 26 heavy (non-hydrogen) atoms. The summed E-state index contributed by atoms with van der Waals surface area (Å²) in [4.78, 5) is 9.21. The van der Waals surface area contributed by atoms with Crippen LogP contribution in [0.3, 0.4) is 0 Å². The average molecular weight is 343 g/mol. The number of hydrogen-bond acceptors (Lipinski definition) is 6. The lowest BCUT2D eigenvalue weighted by molar-refractivity contribution is 0.459. The van der Waals surface area contributed by atoms with Gasteiger partial charge in [-0.2, -0.15) is 0 Å². The molecule has 3 heterocycles. The molecule has 1 aliphatic heterocycles. The molecule has 1 aliphatic rings. The Morgan fingerprint density at radius 2 is 1.77 bits per heavy atom. The molecule has 0 saturated heterocycles. The van der Waals surface area contributed by atoms with Crippen molar-refractivity contribution < 1.29 is 10.2 Å². The number of benzene rings is 2. The lowest BCUT2D eigenvalue weighted by atomic mass is 10.0. The Labute approximate surface area is 147 Å². The van der Waals surface area contributed by atoms with Gasteiger partial charge in [-0.3, -0.25) is 0 Å². The van der Waals surface area contributed by atoms with Crippen molar-refractivity contribution >= 4 is 22.9 Å². The standard InChI is InChI=1S/C19H13N5O2/c20-19-22-17-11-3-1-2-4-14(11)21-16(12-7-8-24(23-19)18(12)17)13-9-10(25)5-6-15(13)26/h1-9,25-26H,(H2,20,23). The van der Waals surface area contributed by atoms with Crippen LogP contribution in [0.15, 0.2) is 59.7 Å². The molecule has 0 fully saturated rings. The first-order valence-corrected chi connectivity index (χ1v) is 7.97. The number of hydrogen-bond donors (Lipinski definition) is 3. The average Bonchev–Trinajstić information content (AvgIpc) is 2.99. The van der Waals surface area contributed by atoms with Crippen molar-refractivity contribution in [3.8, 4) is 22.8 Å². The fraction of sp³-hybridized carbons (Fsp3) is 0. The van der Waals surface area contributed by atoms with Gasteiger partial charge in [0.05, 0.1) is 11.4 Å². The molecule has 0 saturated carbocycles. The second-order valence-electron chi connectivity index (χ2n) is 6.02. The van der Waals surface area contributed by atoms with E-state index in [4.69, 9.17) is 10.7 Å². The van der Waals surface area contributed by atoms with E-state index in [0.29, 0.717) is 22.7 Å². The number of phenols is 2. The predicted molar refractivity (Wildman–Crippen MR) is 97.9 cm³/mol. The van der Waals surface area contributed by atoms with Crippen molar-refractivity contribution in [1.29, 1.82) is 0 Å². The van der Waals surface area contributed by atoms with Crippen LogP contribution in [-0.2, 0) is 0 Å². The maximum Gasteiger partial charge on any atom is 0.238 e. The Bertz CT molecular complexity index is 1230. The molecule has 0 unspecified atom stereocenters. The Kier molecular flexibility index (Phi) is 2.82. The molecule has 0 amide bonds. The Balaban J connectivity index is 1.94. The molecular formula is C19H13N5O2. The zero-order valence-electron chi connectivity index (χ0n) is 13.5. The van der Waals surface area contributed by atoms with E-state index < -0.39 is 0 Å². The van der Waals surface area contributed by atoms with Crippen LogP contribution in [0.25, 0.3) is 16.8 Å². The number of nitrogens with two attached hydrogens (primary N) is 1. The van der Waals surface area contributed by atoms with Crippen LogP contribution in [0.2, 0.25) is 0 Å². The van der Waals surface area contributed by atoms with Crippen LogP contribution in [0.5, 0.6) is 11.5 Å². The maximum atomic E-state index is 10.4. The van der Waals surface area contributed by atoms with Crippen molar-refractivity contribution in [3.63, 3.8) is 0 Å². The van der Waals surface area contributed by atoms with E-state index in [2.05, 4.69) is 10.1 Å². The van der Waals surface area contributed by atoms with Crippen LogP contribution in [-0.4, -0.2) is 30.5 Å². The number of aliphatic imine (C=N–C) groups is 1. The highest BCUT2D eigenvalue weighted by Gasteiger charge is 2.24. The Morgan fingerprint density at radius 3 is 2.65 bits per heavy atom. The highest BCUT2D eigenvalue weighted by Crippen LogP contribution is 2.39. The van der Waals surface area contributed by atoms with Gasteiger partial charge in [-0.25, -0.2) is 14.5 Å². The maximum absolute atomic E-state index is 10.4. The summed E-state index contributed by atoms with van der Waals surface area (Å²) in [6, 6.07) is 13.8. The van der Waals surface area contributed by atoms with Crippen molar-refractivity contribution in [2.75, 3.05) is 5.73 Å². The number of para-hydroxylation sites is 1. The number of fused-ring (bicyclic) bond motifs is 2. The Hall–Kier alpha value is -3.87. The number of nitrogens with zero attached hydrogens (tertiary/aromatic N) is 4. The molecule has 0 radical (unpaired) electrons. The van der Waals surface area contributed by atoms with Gasteiger partial charge < -0.3 is 15.9 Å². The smallest absolute Gasteiger partial charge is 0.238 e. The molecule has 2 aromatic carbocycles. The molecule has 0 aliphatic carbocycles. The minimum atomic E-state index is 0.0261. The molecule has 0 atom stereocenters. The van der Waals surface area contributed by atoms with E-state index in [1.54, 1.807) is 10.7 Å². The van der Waals surface area contributed by atoms with Crippen molar-refractivity contribution in [3.05, 3.63) is 65.9 Å². The van der Waals surface area contributed by atoms with Gasteiger partial charge in [-0.1, -0.05) is 18.2 Å². The first kappa shape index (κ1) is 14.5. The van der Waals surface area contributed by atoms with Gasteiger partial charge >= 0.3 is 0 Å². The van der Waals surface area contributed by atoms with Gasteiger partial charge in [0.15, 0.2) is 0 Å². The van der Waals surface area contributed by atoms with Gasteiger partial charge in [0.25, 0.3) is 0 Å². The zero-order valence-corrected chi connectivity index (χ0v) is 13.5. The molecule has 0 spiro atoms. The predicted octanol–water partition coefficient (Wildman–Crippen LogP) is 2.87. The number of rotatable bonds is 1. The van der Waals surface area contributed by atoms with E-state index in [-0.39, 0.29) is 17.4 Å². The van der Waals surface area contributed by atoms with Gasteiger partial charge in [0.1, 0.15) is 22.7 Å². The topological polar surface area (TPSA) is 109 Å². The largest absolute Gasteiger partial charge is 0.508 e. The lowest BCUT2D eigenvalue weighted by Gasteiger charge is -2.08. The molecule has 4 aromatic rings. The quantitative estimate of drug-likeness (QED) is 0.406. The molecule has 7 heteroatoms. The second kappa shape index (κ2) is 5.06. The summed E-state index contributed by atoms with van der Waals surface area (Å²) in [7, 11) is 0. The Morgan fingerprint density at radius 1 is 0.923 bits per heavy atom. The summed E-state index contributed by atoms with van der Waals surface area (Å²) in [6.45, 7) is 0. The number of nitrogen functional groups attached to an aromatic ring is 1. The number of aromatic hydroxyl groups is 2. The van der Waals surface area contributed by atoms with E-state index in [1.165, 1.54) is 18.2 Å². The summed E-state index contributed by atoms with van der Waals surface area (Å²) in [5.74, 6) is 0.230. The fourth-order valence-corrected chi connectivity index (χ4v) is 3.29. The van der Waals surface area contributed by atoms with E-state index in [0.717, 1.165) is 16.6 Å². The summed E-state index contributed by atoms with van der Waals surface area (Å²) in [6.07, 6.45) is 1.77. The van der Waals surface area contributed by atoms with Crippen LogP contribution < -0.4 is 5.73 Å². The van der Waals surface area contributed by atoms with E-state index in [1.807, 2.05) is 30.3 Å². The summed E-state index contributed by atoms with van der Waals surface area (Å²) >= 11 is 0. The fourth-order valence-electron chi connectivity index (χ4n) is 3.29. The zero-order chi connectivity index (χ0) is 17.8. The number of anilines is 1. The molecule has 5 rings (SSSR count). The molecular weight excluding hydrogens is 330 g/mol. The molecule has 2 aromatic heterocycles. The molecule has 4 N–H and O–H groups in total. The molecule has 126 valence electrons. The lowest BCUT2D eigenvalue weighted by Crippen LogP contribution is -2.06. The van der Waals surface area contributed by atoms with Crippen LogP contribution in [0, 0.1) is 0 Å². The van der Waals surface area contributed by atoms with Crippen molar-refractivity contribution in [1.82, 2.24) is 14.6 Å². The summed E-state index contributed by atoms with van der Waals surface area (Å²) in [5.41, 5.74) is 10.5. The van der Waals surface area contributed by atoms with Gasteiger partial charge in [0.2, 0.25) is 5.95 Å². The first-order chi connectivity index (χ1) is 12.6. The minimum Gasteiger partial charge on any atom is -0.508 e. The molecule has 0 bridgehead atoms. The van der Waals surface area contributed by atoms with Crippen LogP contribution in [0.1, 0.15) is 11.1 Å². The van der Waals surface area contributed by atoms with Crippen molar-refractivity contribution in [2.24, 2.45) is 4.99 Å². The van der Waals surface area contributed by atoms with E-state index in [9.17, 15) is 10.2 Å². The third-order valence-electron chi connectivity index (χ3n) is 4.41. The van der Waals surface area contributed by atoms with E-state index >= 15 is 0 Å². The van der Waals surface area contributed by atoms with Gasteiger partial charge in [-0.15, -0.1) is 5.10 Å². The van der Waals surface area contributed by atoms with Gasteiger partial charge in [0, 0.05) is 22.9 Å². The first-order valence-electron chi connectivity index (χ1n) is 7.97. The number of phenolic OH excluding ortho intramolecular Hbond substituents is 2. The normalized spacial score (nSPS) is 12.5. The third-order valence-corrected chi connectivity index (χ3v) is 4.41. The second-order valence-corrected chi connectivity index (χ2v) is 6.02. The number of aromatic nitrogens is 3. The highest BCUT2D eigenvalue weighted by atomic mass is 16.3. The summed E-state index contributed by atoms with van der Waals surface area (Å²) < 4.78 is 1.66. The SMILES string of the molecule is Nc1nc2c3c(ccn3n1)C(c1cc(O)ccc1O)=Nc1ccccc1-2. The van der Waals surface area contributed by atoms with Crippen LogP contribution >= 0.6 is 0 Å². The molecule has 7 nitrogen and oxygen atoms in total. The minimum absolute atomic E-state index is 0.0261. The summed E-state index contributed by atoms with van der Waals surface area (Å²) in [5, 5.41) is 24.5. The third kappa shape index (κ3) is 1.97. The van der Waals surface area contributed by atoms with Crippen LogP contribution in [0.4, 0.5) is 11.6 Å².